The van der Waals surface area contributed by atoms with Gasteiger partial charge in [-0.1, -0.05) is 20.8 Å². The minimum Gasteiger partial charge on any atom is -0.490 e. The Morgan fingerprint density at radius 2 is 1.68 bits per heavy atom. The molecule has 1 N–H and O–H groups in total. The molecule has 158 valence electrons. The quantitative estimate of drug-likeness (QED) is 0.559. The molecule has 0 aliphatic rings. The number of nitrogens with zero attached hydrogens (tertiary/aromatic N) is 1. The number of ether oxygens (including phenoxy) is 2. The van der Waals surface area contributed by atoms with Gasteiger partial charge in [-0.25, -0.2) is 4.79 Å². The Labute approximate surface area is 161 Å². The van der Waals surface area contributed by atoms with Crippen LogP contribution in [0.25, 0.3) is 0 Å². The van der Waals surface area contributed by atoms with Crippen molar-refractivity contribution in [2.75, 3.05) is 7.11 Å². The molecule has 1 aromatic carbocycles. The highest BCUT2D eigenvalue weighted by Crippen LogP contribution is 2.44. The van der Waals surface area contributed by atoms with Crippen molar-refractivity contribution in [2.24, 2.45) is 0 Å². The zero-order valence-electron chi connectivity index (χ0n) is 16.9. The van der Waals surface area contributed by atoms with E-state index < -0.39 is 51.3 Å². The number of carbonyl (C=O) groups excluding carboxylic acids is 1. The highest BCUT2D eigenvalue weighted by Gasteiger charge is 2.46. The third kappa shape index (κ3) is 6.00. The third-order valence-electron chi connectivity index (χ3n) is 3.66. The van der Waals surface area contributed by atoms with Crippen LogP contribution in [0.5, 0.6) is 5.75 Å². The summed E-state index contributed by atoms with van der Waals surface area (Å²) in [6.07, 6.45) is -6.25. The van der Waals surface area contributed by atoms with E-state index in [2.05, 4.69) is 0 Å². The molecule has 28 heavy (non-hydrogen) atoms. The van der Waals surface area contributed by atoms with Crippen molar-refractivity contribution < 1.29 is 32.4 Å². The summed E-state index contributed by atoms with van der Waals surface area (Å²) in [6, 6.07) is -0.233. The van der Waals surface area contributed by atoms with Crippen LogP contribution in [-0.2, 0) is 10.2 Å². The van der Waals surface area contributed by atoms with Crippen LogP contribution in [0.1, 0.15) is 58.7 Å². The molecule has 7 nitrogen and oxygen atoms in total. The van der Waals surface area contributed by atoms with Crippen LogP contribution in [0.4, 0.5) is 23.7 Å². The lowest BCUT2D eigenvalue weighted by Crippen LogP contribution is -2.41. The average Bonchev–Trinajstić information content (AvgIpc) is 2.47. The van der Waals surface area contributed by atoms with E-state index in [0.717, 1.165) is 13.2 Å². The van der Waals surface area contributed by atoms with E-state index in [1.54, 1.807) is 26.1 Å². The Hall–Kier alpha value is -2.52. The first kappa shape index (κ1) is 23.5. The SMILES string of the molecule is COc1c(C(NC(=O)OC(C)(C)C)C(F)(F)F)cc(C(C)(C)C)cc1[N+](=O)[O-]. The van der Waals surface area contributed by atoms with Gasteiger partial charge in [0.15, 0.2) is 6.04 Å². The van der Waals surface area contributed by atoms with E-state index in [1.165, 1.54) is 26.8 Å². The number of halogens is 3. The van der Waals surface area contributed by atoms with Crippen molar-refractivity contribution in [1.29, 1.82) is 0 Å². The van der Waals surface area contributed by atoms with Crippen LogP contribution in [0.3, 0.4) is 0 Å². The molecule has 0 bridgehead atoms. The second kappa shape index (κ2) is 7.84. The van der Waals surface area contributed by atoms with E-state index in [0.29, 0.717) is 0 Å². The predicted molar refractivity (Wildman–Crippen MR) is 96.5 cm³/mol. The minimum atomic E-state index is -4.95. The second-order valence-electron chi connectivity index (χ2n) is 8.25. The second-order valence-corrected chi connectivity index (χ2v) is 8.25. The molecular weight excluding hydrogens is 381 g/mol. The maximum absolute atomic E-state index is 13.8. The number of nitro groups is 1. The number of methoxy groups -OCH3 is 1. The number of alkyl halides is 3. The molecule has 10 heteroatoms. The number of hydrogen-bond acceptors (Lipinski definition) is 5. The predicted octanol–water partition coefficient (Wildman–Crippen LogP) is 5.03. The van der Waals surface area contributed by atoms with E-state index in [4.69, 9.17) is 9.47 Å². The van der Waals surface area contributed by atoms with Crippen LogP contribution >= 0.6 is 0 Å². The Kier molecular flexibility index (Phi) is 6.59. The number of amides is 1. The molecule has 0 fully saturated rings. The molecule has 0 heterocycles. The topological polar surface area (TPSA) is 90.7 Å². The van der Waals surface area contributed by atoms with Gasteiger partial charge in [-0.05, 0) is 37.8 Å². The molecule has 0 saturated carbocycles. The largest absolute Gasteiger partial charge is 0.490 e. The Bertz CT molecular complexity index is 749. The van der Waals surface area contributed by atoms with Crippen molar-refractivity contribution in [1.82, 2.24) is 5.32 Å². The number of benzene rings is 1. The van der Waals surface area contributed by atoms with Crippen molar-refractivity contribution in [2.45, 2.75) is 64.8 Å². The van der Waals surface area contributed by atoms with Gasteiger partial charge in [0, 0.05) is 11.6 Å². The lowest BCUT2D eigenvalue weighted by molar-refractivity contribution is -0.386. The summed E-state index contributed by atoms with van der Waals surface area (Å²) in [4.78, 5) is 22.6. The fourth-order valence-electron chi connectivity index (χ4n) is 2.40. The highest BCUT2D eigenvalue weighted by atomic mass is 19.4. The Balaban J connectivity index is 3.65. The minimum absolute atomic E-state index is 0.287. The van der Waals surface area contributed by atoms with Gasteiger partial charge in [-0.3, -0.25) is 10.1 Å². The van der Waals surface area contributed by atoms with Crippen molar-refractivity contribution >= 4 is 11.8 Å². The number of carbonyl (C=O) groups is 1. The first-order chi connectivity index (χ1) is 12.5. The smallest absolute Gasteiger partial charge is 0.413 e. The van der Waals surface area contributed by atoms with Crippen molar-refractivity contribution in [3.8, 4) is 5.75 Å². The Morgan fingerprint density at radius 1 is 1.14 bits per heavy atom. The Morgan fingerprint density at radius 3 is 2.04 bits per heavy atom. The molecule has 0 radical (unpaired) electrons. The van der Waals surface area contributed by atoms with Crippen LogP contribution in [0.15, 0.2) is 12.1 Å². The monoisotopic (exact) mass is 406 g/mol. The summed E-state index contributed by atoms with van der Waals surface area (Å²) in [6.45, 7) is 9.60. The van der Waals surface area contributed by atoms with Crippen molar-refractivity contribution in [3.63, 3.8) is 0 Å². The van der Waals surface area contributed by atoms with Gasteiger partial charge in [-0.15, -0.1) is 0 Å². The summed E-state index contributed by atoms with van der Waals surface area (Å²) >= 11 is 0. The van der Waals surface area contributed by atoms with E-state index in [9.17, 15) is 28.1 Å². The van der Waals surface area contributed by atoms with Gasteiger partial charge in [-0.2, -0.15) is 13.2 Å². The van der Waals surface area contributed by atoms with Crippen LogP contribution in [0, 0.1) is 10.1 Å². The molecular formula is C18H25F3N2O5. The molecule has 0 aliphatic carbocycles. The fourth-order valence-corrected chi connectivity index (χ4v) is 2.40. The third-order valence-corrected chi connectivity index (χ3v) is 3.66. The lowest BCUT2D eigenvalue weighted by atomic mass is 9.84. The van der Waals surface area contributed by atoms with Crippen molar-refractivity contribution in [3.05, 3.63) is 33.4 Å². The zero-order chi connectivity index (χ0) is 22.1. The summed E-state index contributed by atoms with van der Waals surface area (Å²) in [7, 11) is 1.03. The van der Waals surface area contributed by atoms with Gasteiger partial charge < -0.3 is 14.8 Å². The zero-order valence-corrected chi connectivity index (χ0v) is 16.9. The molecule has 1 amide bonds. The van der Waals surface area contributed by atoms with E-state index in [1.807, 2.05) is 0 Å². The number of nitrogens with one attached hydrogen (secondary N) is 1. The number of hydrogen-bond donors (Lipinski definition) is 1. The number of nitro benzene ring substituents is 1. The standard InChI is InChI=1S/C18H25F3N2O5/c1-16(2,3)10-8-11(13(27-7)12(9-10)23(25)26)14(18(19,20)21)22-15(24)28-17(4,5)6/h8-9,14H,1-7H3,(H,22,24). The highest BCUT2D eigenvalue weighted by molar-refractivity contribution is 5.69. The van der Waals surface area contributed by atoms with Gasteiger partial charge in [0.2, 0.25) is 5.75 Å². The van der Waals surface area contributed by atoms with E-state index >= 15 is 0 Å². The molecule has 1 unspecified atom stereocenters. The van der Waals surface area contributed by atoms with Crippen LogP contribution in [0.2, 0.25) is 0 Å². The van der Waals surface area contributed by atoms with Crippen LogP contribution in [-0.4, -0.2) is 29.9 Å². The average molecular weight is 406 g/mol. The summed E-state index contributed by atoms with van der Waals surface area (Å²) in [5.41, 5.74) is -2.61. The fraction of sp³-hybridized carbons (Fsp3) is 0.611. The summed E-state index contributed by atoms with van der Waals surface area (Å²) in [5.74, 6) is -0.573. The first-order valence-corrected chi connectivity index (χ1v) is 8.40. The summed E-state index contributed by atoms with van der Waals surface area (Å²) < 4.78 is 51.2. The molecule has 0 aliphatic heterocycles. The maximum Gasteiger partial charge on any atom is 0.413 e. The molecule has 1 atom stereocenters. The van der Waals surface area contributed by atoms with E-state index in [-0.39, 0.29) is 5.56 Å². The number of rotatable bonds is 4. The molecule has 0 aromatic heterocycles. The molecule has 1 rings (SSSR count). The molecule has 0 saturated heterocycles. The van der Waals surface area contributed by atoms with Gasteiger partial charge >= 0.3 is 18.0 Å². The van der Waals surface area contributed by atoms with Crippen LogP contribution < -0.4 is 10.1 Å². The van der Waals surface area contributed by atoms with Gasteiger partial charge in [0.1, 0.15) is 5.60 Å². The van der Waals surface area contributed by atoms with Gasteiger partial charge in [0.05, 0.1) is 12.0 Å². The van der Waals surface area contributed by atoms with Gasteiger partial charge in [0.25, 0.3) is 0 Å². The number of alkyl carbamates (subject to hydrolysis) is 1. The lowest BCUT2D eigenvalue weighted by Gasteiger charge is -2.28. The summed E-state index contributed by atoms with van der Waals surface area (Å²) in [5, 5.41) is 13.2. The normalized spacial score (nSPS) is 13.6. The maximum atomic E-state index is 13.8. The molecule has 0 spiro atoms. The first-order valence-electron chi connectivity index (χ1n) is 8.40. The molecule has 1 aromatic rings.